The van der Waals surface area contributed by atoms with E-state index >= 15 is 0 Å². The Balaban J connectivity index is 2.17. The second-order valence-electron chi connectivity index (χ2n) is 5.42. The zero-order valence-corrected chi connectivity index (χ0v) is 13.7. The molecule has 0 aromatic carbocycles. The fraction of sp³-hybridized carbons (Fsp3) is 0.800. The number of likely N-dealkylation sites (N-methyl/N-ethyl adjacent to an activating group) is 1. The highest BCUT2D eigenvalue weighted by Crippen LogP contribution is 2.13. The molecule has 1 aromatic rings. The number of rotatable bonds is 10. The minimum absolute atomic E-state index is 0.781. The summed E-state index contributed by atoms with van der Waals surface area (Å²) >= 11 is 0. The minimum Gasteiger partial charge on any atom is -0.383 e. The van der Waals surface area contributed by atoms with Gasteiger partial charge >= 0.3 is 0 Å². The quantitative estimate of drug-likeness (QED) is 0.654. The Bertz CT molecular complexity index is 389. The number of ether oxygens (including phenoxy) is 1. The molecule has 1 heterocycles. The second kappa shape index (κ2) is 9.10. The van der Waals surface area contributed by atoms with Crippen LogP contribution in [-0.4, -0.2) is 61.6 Å². The summed E-state index contributed by atoms with van der Waals surface area (Å²) in [5.74, 6) is 0. The maximum atomic E-state index is 5.00. The highest BCUT2D eigenvalue weighted by molar-refractivity contribution is 5.24. The molecule has 0 amide bonds. The molecule has 20 heavy (non-hydrogen) atoms. The van der Waals surface area contributed by atoms with Crippen LogP contribution in [0, 0.1) is 13.8 Å². The van der Waals surface area contributed by atoms with E-state index in [4.69, 9.17) is 4.74 Å². The van der Waals surface area contributed by atoms with Crippen molar-refractivity contribution in [2.75, 3.05) is 46.9 Å². The van der Waals surface area contributed by atoms with Crippen molar-refractivity contribution >= 4 is 0 Å². The standard InChI is InChI=1S/C15H30N4O/c1-13-15(14(2)19(4)17-13)7-6-10-18(3)11-8-16-9-12-20-5/h16H,6-12H2,1-5H3. The summed E-state index contributed by atoms with van der Waals surface area (Å²) < 4.78 is 6.98. The van der Waals surface area contributed by atoms with Gasteiger partial charge in [-0.2, -0.15) is 5.10 Å². The van der Waals surface area contributed by atoms with Crippen LogP contribution in [0.1, 0.15) is 23.4 Å². The monoisotopic (exact) mass is 282 g/mol. The van der Waals surface area contributed by atoms with E-state index in [0.29, 0.717) is 0 Å². The molecule has 0 aliphatic heterocycles. The summed E-state index contributed by atoms with van der Waals surface area (Å²) in [5, 5.41) is 7.83. The molecule has 0 spiro atoms. The number of hydrogen-bond acceptors (Lipinski definition) is 4. The van der Waals surface area contributed by atoms with Crippen molar-refractivity contribution in [1.82, 2.24) is 20.0 Å². The number of aromatic nitrogens is 2. The van der Waals surface area contributed by atoms with Crippen LogP contribution in [-0.2, 0) is 18.2 Å². The maximum absolute atomic E-state index is 5.00. The Morgan fingerprint density at radius 1 is 1.25 bits per heavy atom. The molecule has 0 saturated heterocycles. The highest BCUT2D eigenvalue weighted by Gasteiger charge is 2.09. The van der Waals surface area contributed by atoms with Crippen molar-refractivity contribution in [3.8, 4) is 0 Å². The van der Waals surface area contributed by atoms with Crippen LogP contribution in [0.15, 0.2) is 0 Å². The van der Waals surface area contributed by atoms with E-state index in [0.717, 1.165) is 39.2 Å². The number of hydrogen-bond donors (Lipinski definition) is 1. The molecular weight excluding hydrogens is 252 g/mol. The summed E-state index contributed by atoms with van der Waals surface area (Å²) in [7, 11) is 5.93. The average molecular weight is 282 g/mol. The summed E-state index contributed by atoms with van der Waals surface area (Å²) in [6.07, 6.45) is 2.30. The minimum atomic E-state index is 0.781. The van der Waals surface area contributed by atoms with E-state index in [9.17, 15) is 0 Å². The average Bonchev–Trinajstić information content (AvgIpc) is 2.65. The van der Waals surface area contributed by atoms with Crippen LogP contribution in [0.2, 0.25) is 0 Å². The van der Waals surface area contributed by atoms with Gasteiger partial charge in [0, 0.05) is 39.5 Å². The molecule has 0 atom stereocenters. The number of nitrogens with one attached hydrogen (secondary N) is 1. The van der Waals surface area contributed by atoms with Crippen molar-refractivity contribution in [2.24, 2.45) is 7.05 Å². The molecule has 0 fully saturated rings. The van der Waals surface area contributed by atoms with Crippen LogP contribution in [0.3, 0.4) is 0 Å². The van der Waals surface area contributed by atoms with E-state index in [1.807, 2.05) is 11.7 Å². The van der Waals surface area contributed by atoms with Gasteiger partial charge in [-0.25, -0.2) is 0 Å². The Morgan fingerprint density at radius 2 is 2.00 bits per heavy atom. The van der Waals surface area contributed by atoms with Gasteiger partial charge in [-0.15, -0.1) is 0 Å². The van der Waals surface area contributed by atoms with Crippen molar-refractivity contribution in [3.63, 3.8) is 0 Å². The third kappa shape index (κ3) is 5.61. The van der Waals surface area contributed by atoms with Crippen LogP contribution in [0.25, 0.3) is 0 Å². The maximum Gasteiger partial charge on any atom is 0.0628 e. The van der Waals surface area contributed by atoms with Gasteiger partial charge in [-0.05, 0) is 45.8 Å². The Morgan fingerprint density at radius 3 is 2.60 bits per heavy atom. The summed E-state index contributed by atoms with van der Waals surface area (Å²) in [5.41, 5.74) is 3.89. The van der Waals surface area contributed by atoms with Crippen molar-refractivity contribution in [2.45, 2.75) is 26.7 Å². The zero-order valence-electron chi connectivity index (χ0n) is 13.7. The lowest BCUT2D eigenvalue weighted by molar-refractivity contribution is 0.198. The molecule has 116 valence electrons. The smallest absolute Gasteiger partial charge is 0.0628 e. The number of methoxy groups -OCH3 is 1. The first kappa shape index (κ1) is 17.1. The Labute approximate surface area is 123 Å². The highest BCUT2D eigenvalue weighted by atomic mass is 16.5. The largest absolute Gasteiger partial charge is 0.383 e. The molecule has 5 nitrogen and oxygen atoms in total. The summed E-state index contributed by atoms with van der Waals surface area (Å²) in [6.45, 7) is 9.19. The van der Waals surface area contributed by atoms with Crippen LogP contribution in [0.4, 0.5) is 0 Å². The van der Waals surface area contributed by atoms with Crippen LogP contribution >= 0.6 is 0 Å². The molecule has 0 unspecified atom stereocenters. The second-order valence-corrected chi connectivity index (χ2v) is 5.42. The van der Waals surface area contributed by atoms with Crippen molar-refractivity contribution in [1.29, 1.82) is 0 Å². The van der Waals surface area contributed by atoms with Gasteiger partial charge in [0.05, 0.1) is 12.3 Å². The van der Waals surface area contributed by atoms with Crippen molar-refractivity contribution in [3.05, 3.63) is 17.0 Å². The first-order valence-corrected chi connectivity index (χ1v) is 7.43. The fourth-order valence-electron chi connectivity index (χ4n) is 2.39. The molecule has 1 N–H and O–H groups in total. The van der Waals surface area contributed by atoms with Gasteiger partial charge in [0.15, 0.2) is 0 Å². The molecular formula is C15H30N4O. The SMILES string of the molecule is COCCNCCN(C)CCCc1c(C)nn(C)c1C. The van der Waals surface area contributed by atoms with Gasteiger partial charge in [0.2, 0.25) is 0 Å². The van der Waals surface area contributed by atoms with Gasteiger partial charge in [-0.1, -0.05) is 0 Å². The van der Waals surface area contributed by atoms with Gasteiger partial charge in [0.1, 0.15) is 0 Å². The molecule has 0 aliphatic rings. The number of nitrogens with zero attached hydrogens (tertiary/aromatic N) is 3. The molecule has 0 aliphatic carbocycles. The summed E-state index contributed by atoms with van der Waals surface area (Å²) in [6, 6.07) is 0. The molecule has 1 aromatic heterocycles. The van der Waals surface area contributed by atoms with E-state index in [1.54, 1.807) is 7.11 Å². The third-order valence-corrected chi connectivity index (χ3v) is 3.78. The molecule has 0 bridgehead atoms. The first-order valence-electron chi connectivity index (χ1n) is 7.43. The first-order chi connectivity index (χ1) is 9.56. The molecule has 5 heteroatoms. The van der Waals surface area contributed by atoms with E-state index < -0.39 is 0 Å². The molecule has 1 rings (SSSR count). The van der Waals surface area contributed by atoms with Crippen LogP contribution < -0.4 is 5.32 Å². The Hall–Kier alpha value is -0.910. The van der Waals surface area contributed by atoms with Gasteiger partial charge in [-0.3, -0.25) is 4.68 Å². The van der Waals surface area contributed by atoms with Gasteiger partial charge in [0.25, 0.3) is 0 Å². The normalized spacial score (nSPS) is 11.5. The number of aryl methyl sites for hydroxylation is 2. The third-order valence-electron chi connectivity index (χ3n) is 3.78. The molecule has 0 radical (unpaired) electrons. The lowest BCUT2D eigenvalue weighted by Gasteiger charge is -2.16. The summed E-state index contributed by atoms with van der Waals surface area (Å²) in [4.78, 5) is 2.38. The van der Waals surface area contributed by atoms with E-state index in [-0.39, 0.29) is 0 Å². The lowest BCUT2D eigenvalue weighted by Crippen LogP contribution is -2.31. The van der Waals surface area contributed by atoms with E-state index in [2.05, 4.69) is 36.2 Å². The Kier molecular flexibility index (Phi) is 7.80. The molecule has 0 saturated carbocycles. The van der Waals surface area contributed by atoms with Crippen molar-refractivity contribution < 1.29 is 4.74 Å². The zero-order chi connectivity index (χ0) is 15.0. The van der Waals surface area contributed by atoms with Crippen LogP contribution in [0.5, 0.6) is 0 Å². The lowest BCUT2D eigenvalue weighted by atomic mass is 10.1. The van der Waals surface area contributed by atoms with E-state index in [1.165, 1.54) is 23.4 Å². The fourth-order valence-corrected chi connectivity index (χ4v) is 2.39. The predicted octanol–water partition coefficient (Wildman–Crippen LogP) is 1.14. The predicted molar refractivity (Wildman–Crippen MR) is 83.2 cm³/mol. The topological polar surface area (TPSA) is 42.3 Å². The van der Waals surface area contributed by atoms with Gasteiger partial charge < -0.3 is 15.0 Å².